The van der Waals surface area contributed by atoms with Gasteiger partial charge in [-0.15, -0.1) is 0 Å². The summed E-state index contributed by atoms with van der Waals surface area (Å²) in [5, 5.41) is 0. The first-order valence-electron chi connectivity index (χ1n) is 4.71. The molecule has 1 heterocycles. The highest BCUT2D eigenvalue weighted by molar-refractivity contribution is 5.89. The van der Waals surface area contributed by atoms with E-state index in [2.05, 4.69) is 4.98 Å². The molecule has 5 heteroatoms. The number of carbonyl (C=O) groups excluding carboxylic acids is 1. The Morgan fingerprint density at radius 1 is 1.56 bits per heavy atom. The van der Waals surface area contributed by atoms with Gasteiger partial charge < -0.3 is 4.74 Å². The van der Waals surface area contributed by atoms with Gasteiger partial charge in [0.2, 0.25) is 0 Å². The molecule has 0 radical (unpaired) electrons. The Balaban J connectivity index is 3.07. The van der Waals surface area contributed by atoms with Gasteiger partial charge in [-0.25, -0.2) is 4.79 Å². The molecule has 0 aliphatic heterocycles. The predicted octanol–water partition coefficient (Wildman–Crippen LogP) is 2.80. The number of nitrogens with zero attached hydrogens (tertiary/aromatic N) is 1. The van der Waals surface area contributed by atoms with Gasteiger partial charge in [-0.2, -0.15) is 8.78 Å². The summed E-state index contributed by atoms with van der Waals surface area (Å²) < 4.78 is 28.9. The van der Waals surface area contributed by atoms with E-state index in [4.69, 9.17) is 4.74 Å². The Bertz CT molecular complexity index is 426. The first-order chi connectivity index (χ1) is 7.54. The van der Waals surface area contributed by atoms with Crippen LogP contribution in [0.5, 0.6) is 0 Å². The molecule has 86 valence electrons. The normalized spacial score (nSPS) is 9.75. The van der Waals surface area contributed by atoms with E-state index in [1.165, 1.54) is 12.3 Å². The zero-order valence-electron chi connectivity index (χ0n) is 8.96. The zero-order chi connectivity index (χ0) is 12.1. The third-order valence-corrected chi connectivity index (χ3v) is 1.90. The summed E-state index contributed by atoms with van der Waals surface area (Å²) in [7, 11) is 0. The second-order valence-corrected chi connectivity index (χ2v) is 3.05. The molecule has 0 aliphatic rings. The average Bonchev–Trinajstić information content (AvgIpc) is 2.21. The van der Waals surface area contributed by atoms with Crippen LogP contribution in [0.2, 0.25) is 0 Å². The third kappa shape index (κ3) is 3.12. The molecule has 0 saturated heterocycles. The van der Waals surface area contributed by atoms with Gasteiger partial charge in [-0.05, 0) is 19.9 Å². The van der Waals surface area contributed by atoms with Crippen molar-refractivity contribution >= 4 is 12.0 Å². The predicted molar refractivity (Wildman–Crippen MR) is 55.1 cm³/mol. The van der Waals surface area contributed by atoms with Gasteiger partial charge >= 0.3 is 5.97 Å². The van der Waals surface area contributed by atoms with Gasteiger partial charge in [0, 0.05) is 23.5 Å². The summed E-state index contributed by atoms with van der Waals surface area (Å²) >= 11 is 0. The highest BCUT2D eigenvalue weighted by Gasteiger charge is 2.09. The van der Waals surface area contributed by atoms with Gasteiger partial charge in [0.05, 0.1) is 12.2 Å². The van der Waals surface area contributed by atoms with Gasteiger partial charge in [0.15, 0.2) is 0 Å². The fourth-order valence-electron chi connectivity index (χ4n) is 1.14. The van der Waals surface area contributed by atoms with Crippen LogP contribution in [-0.2, 0) is 4.74 Å². The highest BCUT2D eigenvalue weighted by Crippen LogP contribution is 2.14. The topological polar surface area (TPSA) is 39.2 Å². The summed E-state index contributed by atoms with van der Waals surface area (Å²) in [6.07, 6.45) is 0.150. The molecule has 0 spiro atoms. The number of hydrogen-bond acceptors (Lipinski definition) is 3. The summed E-state index contributed by atoms with van der Waals surface area (Å²) in [4.78, 5) is 15.2. The van der Waals surface area contributed by atoms with Crippen molar-refractivity contribution in [2.45, 2.75) is 13.8 Å². The van der Waals surface area contributed by atoms with E-state index < -0.39 is 12.0 Å². The number of rotatable bonds is 3. The number of esters is 1. The van der Waals surface area contributed by atoms with Gasteiger partial charge in [-0.3, -0.25) is 4.98 Å². The molecule has 0 saturated carbocycles. The summed E-state index contributed by atoms with van der Waals surface area (Å²) in [6.45, 7) is 3.49. The molecule has 3 nitrogen and oxygen atoms in total. The van der Waals surface area contributed by atoms with Crippen LogP contribution < -0.4 is 0 Å². The lowest BCUT2D eigenvalue weighted by molar-refractivity contribution is 0.0526. The van der Waals surface area contributed by atoms with E-state index in [1.807, 2.05) is 0 Å². The Labute approximate surface area is 91.8 Å². The minimum atomic E-state index is -1.83. The van der Waals surface area contributed by atoms with Crippen LogP contribution in [0.25, 0.3) is 6.08 Å². The maximum Gasteiger partial charge on any atom is 0.339 e. The number of carbonyl (C=O) groups is 1. The fourth-order valence-corrected chi connectivity index (χ4v) is 1.14. The molecular weight excluding hydrogens is 216 g/mol. The first kappa shape index (κ1) is 12.3. The number of hydrogen-bond donors (Lipinski definition) is 0. The largest absolute Gasteiger partial charge is 0.462 e. The second-order valence-electron chi connectivity index (χ2n) is 3.05. The van der Waals surface area contributed by atoms with Crippen molar-refractivity contribution in [2.24, 2.45) is 0 Å². The fraction of sp³-hybridized carbons (Fsp3) is 0.273. The van der Waals surface area contributed by atoms with Crippen molar-refractivity contribution in [3.05, 3.63) is 35.2 Å². The minimum Gasteiger partial charge on any atom is -0.462 e. The van der Waals surface area contributed by atoms with E-state index in [9.17, 15) is 13.6 Å². The van der Waals surface area contributed by atoms with Crippen LogP contribution >= 0.6 is 0 Å². The molecule has 0 aliphatic carbocycles. The van der Waals surface area contributed by atoms with Crippen molar-refractivity contribution in [1.29, 1.82) is 0 Å². The maximum absolute atomic E-state index is 12.1. The first-order valence-corrected chi connectivity index (χ1v) is 4.71. The molecular formula is C11H11F2NO2. The smallest absolute Gasteiger partial charge is 0.339 e. The van der Waals surface area contributed by atoms with E-state index in [0.29, 0.717) is 11.8 Å². The maximum atomic E-state index is 12.1. The quantitative estimate of drug-likeness (QED) is 0.745. The van der Waals surface area contributed by atoms with Crippen LogP contribution in [0.1, 0.15) is 28.5 Å². The molecule has 1 aromatic heterocycles. The molecule has 1 aromatic rings. The van der Waals surface area contributed by atoms with Crippen LogP contribution in [0.4, 0.5) is 8.78 Å². The molecule has 0 bridgehead atoms. The molecule has 0 aromatic carbocycles. The lowest BCUT2D eigenvalue weighted by atomic mass is 10.1. The van der Waals surface area contributed by atoms with E-state index >= 15 is 0 Å². The van der Waals surface area contributed by atoms with Crippen molar-refractivity contribution in [1.82, 2.24) is 4.98 Å². The van der Waals surface area contributed by atoms with E-state index in [0.717, 1.165) is 0 Å². The molecule has 0 N–H and O–H groups in total. The number of halogens is 2. The molecule has 0 fully saturated rings. The van der Waals surface area contributed by atoms with Gasteiger partial charge in [0.25, 0.3) is 6.08 Å². The Morgan fingerprint density at radius 3 is 2.81 bits per heavy atom. The monoisotopic (exact) mass is 227 g/mol. The average molecular weight is 227 g/mol. The summed E-state index contributed by atoms with van der Waals surface area (Å²) in [6, 6.07) is 1.33. The van der Waals surface area contributed by atoms with E-state index in [1.54, 1.807) is 13.8 Å². The van der Waals surface area contributed by atoms with Crippen molar-refractivity contribution in [2.75, 3.05) is 6.61 Å². The summed E-state index contributed by atoms with van der Waals surface area (Å²) in [5.41, 5.74) is 0.811. The number of pyridine rings is 1. The highest BCUT2D eigenvalue weighted by atomic mass is 19.3. The Kier molecular flexibility index (Phi) is 4.10. The van der Waals surface area contributed by atoms with Crippen LogP contribution in [0, 0.1) is 6.92 Å². The van der Waals surface area contributed by atoms with Crippen molar-refractivity contribution in [3.8, 4) is 0 Å². The minimum absolute atomic E-state index is 0.167. The zero-order valence-corrected chi connectivity index (χ0v) is 8.96. The van der Waals surface area contributed by atoms with E-state index in [-0.39, 0.29) is 17.7 Å². The lowest BCUT2D eigenvalue weighted by Crippen LogP contribution is -2.06. The number of aryl methyl sites for hydroxylation is 1. The molecule has 0 unspecified atom stereocenters. The molecule has 0 amide bonds. The number of aromatic nitrogens is 1. The van der Waals surface area contributed by atoms with Crippen LogP contribution in [0.3, 0.4) is 0 Å². The molecule has 16 heavy (non-hydrogen) atoms. The van der Waals surface area contributed by atoms with Crippen molar-refractivity contribution < 1.29 is 18.3 Å². The second kappa shape index (κ2) is 5.34. The Hall–Kier alpha value is -1.78. The number of ether oxygens (including phenoxy) is 1. The standard InChI is InChI=1S/C11H11F2NO2/c1-3-16-11(15)9-4-8(5-10(12)13)7(2)14-6-9/h4-6H,3H2,1-2H3. The van der Waals surface area contributed by atoms with Crippen LogP contribution in [0.15, 0.2) is 18.3 Å². The Morgan fingerprint density at radius 2 is 2.25 bits per heavy atom. The third-order valence-electron chi connectivity index (χ3n) is 1.90. The van der Waals surface area contributed by atoms with Crippen LogP contribution in [-0.4, -0.2) is 17.6 Å². The van der Waals surface area contributed by atoms with Crippen molar-refractivity contribution in [3.63, 3.8) is 0 Å². The van der Waals surface area contributed by atoms with Gasteiger partial charge in [0.1, 0.15) is 0 Å². The molecule has 0 atom stereocenters. The molecule has 1 rings (SSSR count). The SMILES string of the molecule is CCOC(=O)c1cnc(C)c(C=C(F)F)c1. The van der Waals surface area contributed by atoms with Gasteiger partial charge in [-0.1, -0.05) is 0 Å². The summed E-state index contributed by atoms with van der Waals surface area (Å²) in [5.74, 6) is -0.566. The lowest BCUT2D eigenvalue weighted by Gasteiger charge is -2.04.